The van der Waals surface area contributed by atoms with E-state index >= 15 is 0 Å². The molecule has 7 heteroatoms. The summed E-state index contributed by atoms with van der Waals surface area (Å²) in [6, 6.07) is 0.324. The zero-order valence-electron chi connectivity index (χ0n) is 15.2. The zero-order chi connectivity index (χ0) is 16.9. The van der Waals surface area contributed by atoms with Crippen LogP contribution in [-0.2, 0) is 9.59 Å². The van der Waals surface area contributed by atoms with Gasteiger partial charge in [-0.05, 0) is 31.6 Å². The molecule has 1 N–H and O–H groups in total. The molecule has 2 unspecified atom stereocenters. The maximum Gasteiger partial charge on any atom is 0.225 e. The minimum atomic E-state index is 0. The molecule has 25 heavy (non-hydrogen) atoms. The highest BCUT2D eigenvalue weighted by molar-refractivity contribution is 7.99. The van der Waals surface area contributed by atoms with Crippen LogP contribution < -0.4 is 5.32 Å². The highest BCUT2D eigenvalue weighted by atomic mass is 35.5. The molecule has 3 aliphatic heterocycles. The number of rotatable bonds is 3. The smallest absolute Gasteiger partial charge is 0.225 e. The van der Waals surface area contributed by atoms with Gasteiger partial charge in [-0.2, -0.15) is 11.8 Å². The predicted octanol–water partition coefficient (Wildman–Crippen LogP) is 2.00. The minimum Gasteiger partial charge on any atom is -0.343 e. The summed E-state index contributed by atoms with van der Waals surface area (Å²) in [4.78, 5) is 29.2. The fourth-order valence-electron chi connectivity index (χ4n) is 4.11. The summed E-state index contributed by atoms with van der Waals surface area (Å²) >= 11 is 1.93. The topological polar surface area (TPSA) is 52.7 Å². The maximum absolute atomic E-state index is 12.7. The summed E-state index contributed by atoms with van der Waals surface area (Å²) in [5.74, 6) is 3.53. The molecular weight excluding hydrogens is 358 g/mol. The van der Waals surface area contributed by atoms with Crippen molar-refractivity contribution in [2.24, 2.45) is 11.8 Å². The SMILES string of the molecule is CC1CCCN(C(=O)C2CCN(C(=O)CC3CSCCN3)CC2)C1.Cl. The lowest BCUT2D eigenvalue weighted by Crippen LogP contribution is -2.48. The van der Waals surface area contributed by atoms with Gasteiger partial charge in [0.1, 0.15) is 0 Å². The van der Waals surface area contributed by atoms with Gasteiger partial charge in [-0.15, -0.1) is 12.4 Å². The van der Waals surface area contributed by atoms with E-state index in [1.807, 2.05) is 16.7 Å². The van der Waals surface area contributed by atoms with Crippen molar-refractivity contribution in [3.05, 3.63) is 0 Å². The molecule has 0 radical (unpaired) electrons. The van der Waals surface area contributed by atoms with Crippen LogP contribution in [0.3, 0.4) is 0 Å². The standard InChI is InChI=1S/C18H31N3O2S.ClH/c1-14-3-2-7-21(12-14)18(23)15-4-8-20(9-5-15)17(22)11-16-13-24-10-6-19-16;/h14-16,19H,2-13H2,1H3;1H. The number of carbonyl (C=O) groups excluding carboxylic acids is 2. The van der Waals surface area contributed by atoms with Crippen LogP contribution in [0, 0.1) is 11.8 Å². The first-order valence-corrected chi connectivity index (χ1v) is 10.7. The minimum absolute atomic E-state index is 0. The average Bonchev–Trinajstić information content (AvgIpc) is 2.62. The van der Waals surface area contributed by atoms with Crippen molar-refractivity contribution in [3.63, 3.8) is 0 Å². The van der Waals surface area contributed by atoms with Gasteiger partial charge in [0, 0.05) is 62.6 Å². The Morgan fingerprint density at radius 2 is 1.88 bits per heavy atom. The Hall–Kier alpha value is -0.460. The molecule has 0 bridgehead atoms. The maximum atomic E-state index is 12.7. The van der Waals surface area contributed by atoms with E-state index in [0.29, 0.717) is 24.3 Å². The number of likely N-dealkylation sites (tertiary alicyclic amines) is 2. The van der Waals surface area contributed by atoms with Gasteiger partial charge >= 0.3 is 0 Å². The Bertz CT molecular complexity index is 452. The van der Waals surface area contributed by atoms with Gasteiger partial charge in [-0.25, -0.2) is 0 Å². The van der Waals surface area contributed by atoms with Crippen LogP contribution in [0.5, 0.6) is 0 Å². The molecule has 144 valence electrons. The molecule has 0 aromatic heterocycles. The number of amides is 2. The summed E-state index contributed by atoms with van der Waals surface area (Å²) in [6.45, 7) is 6.58. The fraction of sp³-hybridized carbons (Fsp3) is 0.889. The van der Waals surface area contributed by atoms with Crippen LogP contribution in [0.25, 0.3) is 0 Å². The second kappa shape index (κ2) is 10.0. The van der Waals surface area contributed by atoms with Crippen LogP contribution in [0.15, 0.2) is 0 Å². The Labute approximate surface area is 162 Å². The van der Waals surface area contributed by atoms with Gasteiger partial charge in [-0.1, -0.05) is 6.92 Å². The van der Waals surface area contributed by atoms with Gasteiger partial charge in [0.15, 0.2) is 0 Å². The largest absolute Gasteiger partial charge is 0.343 e. The van der Waals surface area contributed by atoms with Crippen LogP contribution >= 0.6 is 24.2 Å². The molecule has 0 aliphatic carbocycles. The van der Waals surface area contributed by atoms with E-state index in [2.05, 4.69) is 17.1 Å². The van der Waals surface area contributed by atoms with Gasteiger partial charge in [0.05, 0.1) is 0 Å². The summed E-state index contributed by atoms with van der Waals surface area (Å²) in [6.07, 6.45) is 4.65. The van der Waals surface area contributed by atoms with Crippen LogP contribution in [-0.4, -0.2) is 71.9 Å². The van der Waals surface area contributed by atoms with Crippen LogP contribution in [0.4, 0.5) is 0 Å². The second-order valence-corrected chi connectivity index (χ2v) is 8.77. The van der Waals surface area contributed by atoms with E-state index < -0.39 is 0 Å². The lowest BCUT2D eigenvalue weighted by Gasteiger charge is -2.37. The zero-order valence-corrected chi connectivity index (χ0v) is 16.9. The van der Waals surface area contributed by atoms with Crippen molar-refractivity contribution in [1.82, 2.24) is 15.1 Å². The van der Waals surface area contributed by atoms with E-state index in [4.69, 9.17) is 0 Å². The monoisotopic (exact) mass is 389 g/mol. The average molecular weight is 390 g/mol. The number of thioether (sulfide) groups is 1. The Morgan fingerprint density at radius 3 is 2.52 bits per heavy atom. The molecule has 3 aliphatic rings. The second-order valence-electron chi connectivity index (χ2n) is 7.62. The Kier molecular flexibility index (Phi) is 8.36. The summed E-state index contributed by atoms with van der Waals surface area (Å²) in [7, 11) is 0. The first kappa shape index (κ1) is 20.8. The third-order valence-corrected chi connectivity index (χ3v) is 6.72. The molecule has 3 heterocycles. The fourth-order valence-corrected chi connectivity index (χ4v) is 5.06. The highest BCUT2D eigenvalue weighted by Crippen LogP contribution is 2.24. The van der Waals surface area contributed by atoms with Crippen LogP contribution in [0.2, 0.25) is 0 Å². The molecule has 0 aromatic carbocycles. The van der Waals surface area contributed by atoms with Gasteiger partial charge in [0.2, 0.25) is 11.8 Å². The van der Waals surface area contributed by atoms with E-state index in [-0.39, 0.29) is 24.2 Å². The van der Waals surface area contributed by atoms with Crippen molar-refractivity contribution in [3.8, 4) is 0 Å². The number of nitrogens with one attached hydrogen (secondary N) is 1. The molecule has 2 atom stereocenters. The first-order chi connectivity index (χ1) is 11.6. The normalized spacial score (nSPS) is 28.4. The van der Waals surface area contributed by atoms with Gasteiger partial charge in [-0.3, -0.25) is 9.59 Å². The molecule has 5 nitrogen and oxygen atoms in total. The van der Waals surface area contributed by atoms with E-state index in [0.717, 1.165) is 63.5 Å². The lowest BCUT2D eigenvalue weighted by atomic mass is 9.92. The summed E-state index contributed by atoms with van der Waals surface area (Å²) < 4.78 is 0. The van der Waals surface area contributed by atoms with Crippen molar-refractivity contribution >= 4 is 36.0 Å². The van der Waals surface area contributed by atoms with E-state index in [1.54, 1.807) is 0 Å². The van der Waals surface area contributed by atoms with E-state index in [9.17, 15) is 9.59 Å². The molecule has 0 saturated carbocycles. The number of carbonyl (C=O) groups is 2. The molecule has 3 saturated heterocycles. The lowest BCUT2D eigenvalue weighted by molar-refractivity contribution is -0.142. The third-order valence-electron chi connectivity index (χ3n) is 5.59. The Morgan fingerprint density at radius 1 is 1.12 bits per heavy atom. The summed E-state index contributed by atoms with van der Waals surface area (Å²) in [5, 5.41) is 3.43. The Balaban J connectivity index is 0.00000225. The molecule has 0 aromatic rings. The van der Waals surface area contributed by atoms with Crippen molar-refractivity contribution in [2.45, 2.75) is 45.1 Å². The van der Waals surface area contributed by atoms with E-state index in [1.165, 1.54) is 6.42 Å². The number of halogens is 1. The first-order valence-electron chi connectivity index (χ1n) is 9.51. The number of hydrogen-bond acceptors (Lipinski definition) is 4. The number of nitrogens with zero attached hydrogens (tertiary/aromatic N) is 2. The van der Waals surface area contributed by atoms with Crippen molar-refractivity contribution in [2.75, 3.05) is 44.2 Å². The van der Waals surface area contributed by atoms with Gasteiger partial charge in [0.25, 0.3) is 0 Å². The number of piperidine rings is 2. The molecule has 3 rings (SSSR count). The van der Waals surface area contributed by atoms with Crippen molar-refractivity contribution in [1.29, 1.82) is 0 Å². The molecule has 3 fully saturated rings. The third kappa shape index (κ3) is 5.76. The number of hydrogen-bond donors (Lipinski definition) is 1. The quantitative estimate of drug-likeness (QED) is 0.802. The predicted molar refractivity (Wildman–Crippen MR) is 105 cm³/mol. The van der Waals surface area contributed by atoms with Crippen LogP contribution in [0.1, 0.15) is 39.0 Å². The van der Waals surface area contributed by atoms with Gasteiger partial charge < -0.3 is 15.1 Å². The van der Waals surface area contributed by atoms with Crippen molar-refractivity contribution < 1.29 is 9.59 Å². The molecule has 2 amide bonds. The molecular formula is C18H32ClN3O2S. The summed E-state index contributed by atoms with van der Waals surface area (Å²) in [5.41, 5.74) is 0. The highest BCUT2D eigenvalue weighted by Gasteiger charge is 2.32. The molecule has 0 spiro atoms.